The van der Waals surface area contributed by atoms with Crippen molar-refractivity contribution in [3.05, 3.63) is 53.8 Å². The van der Waals surface area contributed by atoms with Crippen molar-refractivity contribution in [2.45, 2.75) is 11.8 Å². The van der Waals surface area contributed by atoms with Crippen LogP contribution in [0, 0.1) is 13.5 Å². The smallest absolute Gasteiger partial charge is 0.261 e. The Hall–Kier alpha value is -2.92. The quantitative estimate of drug-likeness (QED) is 0.727. The Morgan fingerprint density at radius 3 is 2.91 bits per heavy atom. The molecule has 0 aliphatic rings. The minimum Gasteiger partial charge on any atom is -0.346 e. The minimum atomic E-state index is -3.83. The maximum absolute atomic E-state index is 12.5. The number of benzene rings is 1. The zero-order chi connectivity index (χ0) is 15.7. The van der Waals surface area contributed by atoms with Gasteiger partial charge in [-0.1, -0.05) is 12.1 Å². The molecule has 0 bridgehead atoms. The van der Waals surface area contributed by atoms with E-state index < -0.39 is 10.0 Å². The van der Waals surface area contributed by atoms with E-state index in [-0.39, 0.29) is 16.4 Å². The van der Waals surface area contributed by atoms with Gasteiger partial charge in [0.15, 0.2) is 11.5 Å². The first kappa shape index (κ1) is 14.0. The number of hydrogen-bond donors (Lipinski definition) is 2. The Balaban J connectivity index is 2.07. The summed E-state index contributed by atoms with van der Waals surface area (Å²) in [5.74, 6) is 0.206. The van der Waals surface area contributed by atoms with Gasteiger partial charge in [0.2, 0.25) is 0 Å². The summed E-state index contributed by atoms with van der Waals surface area (Å²) < 4.78 is 27.4. The number of aromatic amines is 1. The van der Waals surface area contributed by atoms with Crippen LogP contribution in [0.5, 0.6) is 0 Å². The lowest BCUT2D eigenvalue weighted by molar-refractivity contribution is 0.601. The minimum absolute atomic E-state index is 0.0148. The molecule has 2 aromatic heterocycles. The summed E-state index contributed by atoms with van der Waals surface area (Å²) in [6.45, 7) is 8.80. The number of anilines is 1. The Kier molecular flexibility index (Phi) is 3.27. The fraction of sp³-hybridized carbons (Fsp3) is 0.0714. The first-order chi connectivity index (χ1) is 10.5. The molecule has 0 unspecified atom stereocenters. The van der Waals surface area contributed by atoms with Crippen LogP contribution < -0.4 is 4.72 Å². The zero-order valence-corrected chi connectivity index (χ0v) is 12.3. The van der Waals surface area contributed by atoms with Crippen molar-refractivity contribution < 1.29 is 8.42 Å². The van der Waals surface area contributed by atoms with E-state index in [4.69, 9.17) is 6.57 Å². The van der Waals surface area contributed by atoms with Crippen molar-refractivity contribution >= 4 is 32.6 Å². The second-order valence-electron chi connectivity index (χ2n) is 4.63. The van der Waals surface area contributed by atoms with Crippen LogP contribution in [0.15, 0.2) is 41.7 Å². The van der Waals surface area contributed by atoms with Gasteiger partial charge in [-0.3, -0.25) is 4.72 Å². The Morgan fingerprint density at radius 2 is 2.14 bits per heavy atom. The average Bonchev–Trinajstić information content (AvgIpc) is 2.90. The first-order valence-electron chi connectivity index (χ1n) is 6.30. The molecule has 2 heterocycles. The monoisotopic (exact) mass is 313 g/mol. The molecule has 0 amide bonds. The number of hydrogen-bond acceptors (Lipinski definition) is 4. The van der Waals surface area contributed by atoms with Gasteiger partial charge in [-0.15, -0.1) is 0 Å². The van der Waals surface area contributed by atoms with Crippen LogP contribution >= 0.6 is 0 Å². The van der Waals surface area contributed by atoms with Crippen molar-refractivity contribution in [2.24, 2.45) is 0 Å². The SMILES string of the molecule is [C-]#[N+]c1cccc(S(=O)(=O)Nc2ncnc3[nH]cc(C)c23)c1. The van der Waals surface area contributed by atoms with Gasteiger partial charge in [0, 0.05) is 6.20 Å². The van der Waals surface area contributed by atoms with E-state index in [9.17, 15) is 8.42 Å². The summed E-state index contributed by atoms with van der Waals surface area (Å²) in [6, 6.07) is 5.82. The third kappa shape index (κ3) is 2.38. The molecule has 110 valence electrons. The van der Waals surface area contributed by atoms with Crippen LogP contribution in [0.25, 0.3) is 15.9 Å². The van der Waals surface area contributed by atoms with Crippen LogP contribution in [0.1, 0.15) is 5.56 Å². The van der Waals surface area contributed by atoms with Gasteiger partial charge >= 0.3 is 0 Å². The Morgan fingerprint density at radius 1 is 1.32 bits per heavy atom. The van der Waals surface area contributed by atoms with E-state index >= 15 is 0 Å². The maximum Gasteiger partial charge on any atom is 0.261 e. The normalized spacial score (nSPS) is 11.3. The number of fused-ring (bicyclic) bond motifs is 1. The standard InChI is InChI=1S/C14H11N5O2S/c1-9-7-16-13-12(9)14(18-8-17-13)19-22(20,21)11-5-3-4-10(6-11)15-2/h3-8H,1H3,(H2,16,17,18,19). The number of sulfonamides is 1. The highest BCUT2D eigenvalue weighted by molar-refractivity contribution is 7.92. The fourth-order valence-corrected chi connectivity index (χ4v) is 3.16. The molecular formula is C14H11N5O2S. The molecule has 0 saturated carbocycles. The van der Waals surface area contributed by atoms with Gasteiger partial charge in [-0.25, -0.2) is 23.2 Å². The van der Waals surface area contributed by atoms with Crippen LogP contribution in [0.3, 0.4) is 0 Å². The summed E-state index contributed by atoms with van der Waals surface area (Å²) in [4.78, 5) is 14.3. The number of H-pyrrole nitrogens is 1. The molecule has 1 aromatic carbocycles. The lowest BCUT2D eigenvalue weighted by atomic mass is 10.2. The molecule has 8 heteroatoms. The van der Waals surface area contributed by atoms with Gasteiger partial charge in [0.05, 0.1) is 16.9 Å². The highest BCUT2D eigenvalue weighted by atomic mass is 32.2. The summed E-state index contributed by atoms with van der Waals surface area (Å²) in [5.41, 5.74) is 1.65. The largest absolute Gasteiger partial charge is 0.346 e. The highest BCUT2D eigenvalue weighted by Gasteiger charge is 2.18. The Labute approximate surface area is 126 Å². The van der Waals surface area contributed by atoms with Crippen molar-refractivity contribution in [1.29, 1.82) is 0 Å². The molecule has 0 fully saturated rings. The average molecular weight is 313 g/mol. The summed E-state index contributed by atoms with van der Waals surface area (Å²) in [7, 11) is -3.83. The van der Waals surface area contributed by atoms with Gasteiger partial charge in [-0.05, 0) is 24.6 Å². The predicted molar refractivity (Wildman–Crippen MR) is 82.1 cm³/mol. The van der Waals surface area contributed by atoms with Crippen molar-refractivity contribution in [3.63, 3.8) is 0 Å². The molecule has 0 spiro atoms. The lowest BCUT2D eigenvalue weighted by Crippen LogP contribution is -2.14. The molecule has 7 nitrogen and oxygen atoms in total. The predicted octanol–water partition coefficient (Wildman–Crippen LogP) is 2.62. The molecule has 0 saturated heterocycles. The summed E-state index contributed by atoms with van der Waals surface area (Å²) in [5, 5.41) is 0.618. The number of nitrogens with one attached hydrogen (secondary N) is 2. The number of aromatic nitrogens is 3. The van der Waals surface area contributed by atoms with Crippen LogP contribution in [0.2, 0.25) is 0 Å². The fourth-order valence-electron chi connectivity index (χ4n) is 2.10. The highest BCUT2D eigenvalue weighted by Crippen LogP contribution is 2.25. The van der Waals surface area contributed by atoms with E-state index in [0.29, 0.717) is 11.0 Å². The number of rotatable bonds is 3. The maximum atomic E-state index is 12.5. The van der Waals surface area contributed by atoms with Crippen LogP contribution in [0.4, 0.5) is 11.5 Å². The third-order valence-corrected chi connectivity index (χ3v) is 4.49. The molecule has 3 aromatic rings. The van der Waals surface area contributed by atoms with E-state index in [1.54, 1.807) is 12.3 Å². The van der Waals surface area contributed by atoms with E-state index in [2.05, 4.69) is 24.5 Å². The molecule has 2 N–H and O–H groups in total. The lowest BCUT2D eigenvalue weighted by Gasteiger charge is -2.08. The molecule has 0 atom stereocenters. The molecule has 3 rings (SSSR count). The number of nitrogens with zero attached hydrogens (tertiary/aromatic N) is 3. The third-order valence-electron chi connectivity index (χ3n) is 3.16. The van der Waals surface area contributed by atoms with E-state index in [1.807, 2.05) is 6.92 Å². The molecule has 0 aliphatic carbocycles. The summed E-state index contributed by atoms with van der Waals surface area (Å²) in [6.07, 6.45) is 3.02. The van der Waals surface area contributed by atoms with Gasteiger partial charge < -0.3 is 4.98 Å². The molecule has 0 aliphatic heterocycles. The zero-order valence-electron chi connectivity index (χ0n) is 11.5. The first-order valence-corrected chi connectivity index (χ1v) is 7.78. The van der Waals surface area contributed by atoms with Crippen molar-refractivity contribution in [3.8, 4) is 0 Å². The van der Waals surface area contributed by atoms with Crippen molar-refractivity contribution in [1.82, 2.24) is 15.0 Å². The van der Waals surface area contributed by atoms with Gasteiger partial charge in [-0.2, -0.15) is 0 Å². The van der Waals surface area contributed by atoms with Gasteiger partial charge in [0.25, 0.3) is 10.0 Å². The van der Waals surface area contributed by atoms with E-state index in [1.165, 1.54) is 24.5 Å². The topological polar surface area (TPSA) is 92.1 Å². The van der Waals surface area contributed by atoms with Crippen LogP contribution in [-0.2, 0) is 10.0 Å². The van der Waals surface area contributed by atoms with Crippen molar-refractivity contribution in [2.75, 3.05) is 4.72 Å². The molecule has 22 heavy (non-hydrogen) atoms. The Bertz CT molecular complexity index is 1000. The second kappa shape index (κ2) is 5.13. The van der Waals surface area contributed by atoms with Gasteiger partial charge in [0.1, 0.15) is 12.0 Å². The van der Waals surface area contributed by atoms with E-state index in [0.717, 1.165) is 5.56 Å². The molecule has 0 radical (unpaired) electrons. The summed E-state index contributed by atoms with van der Waals surface area (Å²) >= 11 is 0. The van der Waals surface area contributed by atoms with Crippen LogP contribution in [-0.4, -0.2) is 23.4 Å². The number of aryl methyl sites for hydroxylation is 1. The second-order valence-corrected chi connectivity index (χ2v) is 6.31. The molecular weight excluding hydrogens is 302 g/mol.